The number of hydrogen-bond donors (Lipinski definition) is 1. The molecular weight excluding hydrogens is 190 g/mol. The van der Waals surface area contributed by atoms with Crippen molar-refractivity contribution in [2.75, 3.05) is 6.61 Å². The van der Waals surface area contributed by atoms with Gasteiger partial charge in [0, 0.05) is 12.3 Å². The number of aliphatic hydroxyl groups is 1. The van der Waals surface area contributed by atoms with Crippen LogP contribution < -0.4 is 5.56 Å². The van der Waals surface area contributed by atoms with Gasteiger partial charge >= 0.3 is 0 Å². The van der Waals surface area contributed by atoms with E-state index in [4.69, 9.17) is 16.7 Å². The molecule has 1 rings (SSSR count). The molecule has 0 fully saturated rings. The van der Waals surface area contributed by atoms with E-state index in [1.165, 1.54) is 29.0 Å². The first kappa shape index (κ1) is 10.0. The van der Waals surface area contributed by atoms with Crippen molar-refractivity contribution in [1.82, 2.24) is 4.57 Å². The minimum Gasteiger partial charge on any atom is -0.394 e. The SMILES string of the molecule is C=C[C@H](CO)n1cc(Cl)ccc1=O. The maximum absolute atomic E-state index is 11.3. The maximum atomic E-state index is 11.3. The lowest BCUT2D eigenvalue weighted by Gasteiger charge is -2.12. The molecule has 1 heterocycles. The number of rotatable bonds is 3. The molecule has 13 heavy (non-hydrogen) atoms. The Morgan fingerprint density at radius 2 is 2.38 bits per heavy atom. The number of aliphatic hydroxyl groups excluding tert-OH is 1. The van der Waals surface area contributed by atoms with Crippen LogP contribution in [0.5, 0.6) is 0 Å². The van der Waals surface area contributed by atoms with Gasteiger partial charge in [0.05, 0.1) is 17.7 Å². The standard InChI is InChI=1S/C9H10ClNO2/c1-2-8(6-12)11-5-7(10)3-4-9(11)13/h2-5,8,12H,1,6H2/t8-/m1/s1. The number of hydrogen-bond acceptors (Lipinski definition) is 2. The molecule has 0 aliphatic rings. The first-order valence-corrected chi connectivity index (χ1v) is 4.18. The number of nitrogens with zero attached hydrogens (tertiary/aromatic N) is 1. The molecule has 1 atom stereocenters. The molecular formula is C9H10ClNO2. The topological polar surface area (TPSA) is 42.2 Å². The third kappa shape index (κ3) is 2.20. The van der Waals surface area contributed by atoms with Gasteiger partial charge in [0.15, 0.2) is 0 Å². The monoisotopic (exact) mass is 199 g/mol. The van der Waals surface area contributed by atoms with Crippen molar-refractivity contribution in [2.45, 2.75) is 6.04 Å². The van der Waals surface area contributed by atoms with Crippen molar-refractivity contribution in [2.24, 2.45) is 0 Å². The van der Waals surface area contributed by atoms with Crippen molar-refractivity contribution in [3.05, 3.63) is 46.4 Å². The zero-order valence-electron chi connectivity index (χ0n) is 6.98. The molecule has 0 bridgehead atoms. The van der Waals surface area contributed by atoms with Gasteiger partial charge in [0.1, 0.15) is 0 Å². The van der Waals surface area contributed by atoms with Crippen LogP contribution in [0.1, 0.15) is 6.04 Å². The molecule has 0 spiro atoms. The molecule has 0 saturated heterocycles. The van der Waals surface area contributed by atoms with Gasteiger partial charge in [-0.1, -0.05) is 17.7 Å². The minimum atomic E-state index is -0.411. The van der Waals surface area contributed by atoms with E-state index in [2.05, 4.69) is 6.58 Å². The van der Waals surface area contributed by atoms with Crippen LogP contribution in [-0.2, 0) is 0 Å². The Hall–Kier alpha value is -1.06. The summed E-state index contributed by atoms with van der Waals surface area (Å²) in [5, 5.41) is 9.38. The van der Waals surface area contributed by atoms with Crippen molar-refractivity contribution < 1.29 is 5.11 Å². The third-order valence-electron chi connectivity index (χ3n) is 1.72. The molecule has 1 aromatic heterocycles. The Morgan fingerprint density at radius 3 is 2.92 bits per heavy atom. The first-order valence-electron chi connectivity index (χ1n) is 3.80. The van der Waals surface area contributed by atoms with Crippen LogP contribution in [0.15, 0.2) is 35.8 Å². The van der Waals surface area contributed by atoms with E-state index in [1.807, 2.05) is 0 Å². The van der Waals surface area contributed by atoms with Crippen LogP contribution in [0.25, 0.3) is 0 Å². The number of pyridine rings is 1. The molecule has 70 valence electrons. The second-order valence-electron chi connectivity index (χ2n) is 2.58. The predicted molar refractivity (Wildman–Crippen MR) is 52.0 cm³/mol. The molecule has 1 N–H and O–H groups in total. The molecule has 0 aliphatic carbocycles. The summed E-state index contributed by atoms with van der Waals surface area (Å²) in [6.45, 7) is 3.35. The highest BCUT2D eigenvalue weighted by Gasteiger charge is 2.06. The zero-order chi connectivity index (χ0) is 9.84. The van der Waals surface area contributed by atoms with E-state index in [9.17, 15) is 4.79 Å². The largest absolute Gasteiger partial charge is 0.394 e. The molecule has 0 radical (unpaired) electrons. The van der Waals surface area contributed by atoms with Crippen LogP contribution in [0.3, 0.4) is 0 Å². The van der Waals surface area contributed by atoms with Gasteiger partial charge in [-0.3, -0.25) is 4.79 Å². The van der Waals surface area contributed by atoms with Crippen LogP contribution >= 0.6 is 11.6 Å². The quantitative estimate of drug-likeness (QED) is 0.744. The van der Waals surface area contributed by atoms with Crippen molar-refractivity contribution in [3.63, 3.8) is 0 Å². The summed E-state index contributed by atoms with van der Waals surface area (Å²) in [5.74, 6) is 0. The molecule has 0 unspecified atom stereocenters. The van der Waals surface area contributed by atoms with E-state index in [0.717, 1.165) is 0 Å². The highest BCUT2D eigenvalue weighted by Crippen LogP contribution is 2.08. The third-order valence-corrected chi connectivity index (χ3v) is 1.94. The van der Waals surface area contributed by atoms with E-state index >= 15 is 0 Å². The molecule has 4 heteroatoms. The van der Waals surface area contributed by atoms with Crippen molar-refractivity contribution in [3.8, 4) is 0 Å². The predicted octanol–water partition coefficient (Wildman–Crippen LogP) is 1.22. The molecule has 1 aromatic rings. The Bertz CT molecular complexity index is 359. The number of halogens is 1. The van der Waals surface area contributed by atoms with E-state index in [-0.39, 0.29) is 12.2 Å². The highest BCUT2D eigenvalue weighted by molar-refractivity contribution is 6.30. The minimum absolute atomic E-state index is 0.163. The van der Waals surface area contributed by atoms with Gasteiger partial charge in [-0.05, 0) is 6.07 Å². The lowest BCUT2D eigenvalue weighted by molar-refractivity contribution is 0.251. The summed E-state index contributed by atoms with van der Waals surface area (Å²) in [7, 11) is 0. The normalized spacial score (nSPS) is 12.5. The summed E-state index contributed by atoms with van der Waals surface area (Å²) in [5.41, 5.74) is -0.205. The number of aromatic nitrogens is 1. The van der Waals surface area contributed by atoms with E-state index in [0.29, 0.717) is 5.02 Å². The Labute approximate surface area is 80.9 Å². The maximum Gasteiger partial charge on any atom is 0.251 e. The smallest absolute Gasteiger partial charge is 0.251 e. The summed E-state index contributed by atoms with van der Waals surface area (Å²) in [6, 6.07) is 2.46. The summed E-state index contributed by atoms with van der Waals surface area (Å²) < 4.78 is 1.34. The van der Waals surface area contributed by atoms with Gasteiger partial charge in [0.25, 0.3) is 5.56 Å². The Balaban J connectivity index is 3.18. The van der Waals surface area contributed by atoms with Crippen LogP contribution in [0.2, 0.25) is 5.02 Å². The highest BCUT2D eigenvalue weighted by atomic mass is 35.5. The zero-order valence-corrected chi connectivity index (χ0v) is 7.74. The second-order valence-corrected chi connectivity index (χ2v) is 3.01. The molecule has 3 nitrogen and oxygen atoms in total. The van der Waals surface area contributed by atoms with Crippen molar-refractivity contribution in [1.29, 1.82) is 0 Å². The van der Waals surface area contributed by atoms with Crippen LogP contribution in [0.4, 0.5) is 0 Å². The lowest BCUT2D eigenvalue weighted by Crippen LogP contribution is -2.24. The average molecular weight is 200 g/mol. The summed E-state index contributed by atoms with van der Waals surface area (Å²) in [6.07, 6.45) is 2.98. The lowest BCUT2D eigenvalue weighted by atomic mass is 10.3. The van der Waals surface area contributed by atoms with Crippen LogP contribution in [0, 0.1) is 0 Å². The fraction of sp³-hybridized carbons (Fsp3) is 0.222. The Kier molecular flexibility index (Phi) is 3.28. The molecule has 0 amide bonds. The van der Waals surface area contributed by atoms with E-state index < -0.39 is 6.04 Å². The summed E-state index contributed by atoms with van der Waals surface area (Å²) >= 11 is 5.70. The first-order chi connectivity index (χ1) is 6.19. The van der Waals surface area contributed by atoms with E-state index in [1.54, 1.807) is 0 Å². The van der Waals surface area contributed by atoms with Gasteiger partial charge in [-0.2, -0.15) is 0 Å². The molecule has 0 aromatic carbocycles. The molecule has 0 saturated carbocycles. The van der Waals surface area contributed by atoms with Crippen LogP contribution in [-0.4, -0.2) is 16.3 Å². The molecule has 0 aliphatic heterocycles. The fourth-order valence-corrected chi connectivity index (χ4v) is 1.18. The average Bonchev–Trinajstić information content (AvgIpc) is 2.13. The van der Waals surface area contributed by atoms with Gasteiger partial charge in [0.2, 0.25) is 0 Å². The van der Waals surface area contributed by atoms with Gasteiger partial charge in [-0.25, -0.2) is 0 Å². The summed E-state index contributed by atoms with van der Waals surface area (Å²) in [4.78, 5) is 11.3. The van der Waals surface area contributed by atoms with Crippen molar-refractivity contribution >= 4 is 11.6 Å². The fourth-order valence-electron chi connectivity index (χ4n) is 1.01. The van der Waals surface area contributed by atoms with Gasteiger partial charge < -0.3 is 9.67 Å². The Morgan fingerprint density at radius 1 is 1.69 bits per heavy atom. The second kappa shape index (κ2) is 4.25. The van der Waals surface area contributed by atoms with Gasteiger partial charge in [-0.15, -0.1) is 6.58 Å².